The van der Waals surface area contributed by atoms with E-state index in [1.165, 1.54) is 6.42 Å². The van der Waals surface area contributed by atoms with Crippen LogP contribution in [-0.2, 0) is 5.41 Å². The third-order valence-corrected chi connectivity index (χ3v) is 2.73. The van der Waals surface area contributed by atoms with Crippen LogP contribution in [0.15, 0.2) is 48.5 Å². The zero-order valence-electron chi connectivity index (χ0n) is 13.9. The Balaban J connectivity index is 0.00000102. The van der Waals surface area contributed by atoms with E-state index in [0.29, 0.717) is 0 Å². The van der Waals surface area contributed by atoms with Gasteiger partial charge < -0.3 is 17.4 Å². The van der Waals surface area contributed by atoms with Crippen molar-refractivity contribution in [3.05, 3.63) is 61.0 Å². The van der Waals surface area contributed by atoms with Crippen LogP contribution in [0.2, 0.25) is 0 Å². The van der Waals surface area contributed by atoms with E-state index in [-0.39, 0.29) is 45.8 Å². The van der Waals surface area contributed by atoms with Crippen molar-refractivity contribution in [3.63, 3.8) is 0 Å². The normalized spacial score (nSPS) is 10.0. The molecule has 22 heavy (non-hydrogen) atoms. The van der Waals surface area contributed by atoms with Crippen molar-refractivity contribution >= 4 is 5.69 Å². The monoisotopic (exact) mass is 436 g/mol. The van der Waals surface area contributed by atoms with E-state index in [9.17, 15) is 0 Å². The summed E-state index contributed by atoms with van der Waals surface area (Å²) in [6.45, 7) is 12.5. The van der Waals surface area contributed by atoms with E-state index >= 15 is 0 Å². The topological polar surface area (TPSA) is 35.2 Å². The van der Waals surface area contributed by atoms with Gasteiger partial charge in [0.2, 0.25) is 0 Å². The second-order valence-electron chi connectivity index (χ2n) is 5.79. The molecule has 3 heteroatoms. The van der Waals surface area contributed by atoms with Gasteiger partial charge in [0, 0.05) is 46.1 Å². The van der Waals surface area contributed by atoms with Crippen molar-refractivity contribution in [3.8, 4) is 11.5 Å². The van der Waals surface area contributed by atoms with Crippen molar-refractivity contribution < 1.29 is 45.1 Å². The molecule has 0 saturated heterocycles. The molecule has 0 unspecified atom stereocenters. The van der Waals surface area contributed by atoms with Crippen LogP contribution < -0.4 is 10.5 Å². The maximum atomic E-state index is 5.79. The molecule has 0 aliphatic carbocycles. The fourth-order valence-corrected chi connectivity index (χ4v) is 1.65. The zero-order chi connectivity index (χ0) is 15.9. The third-order valence-electron chi connectivity index (χ3n) is 2.73. The number of anilines is 1. The standard InChI is InChI=1S/C16H18NO.C3H8.Sm/c1-16(2,3)12-5-4-6-15(11-12)18-14-9-7-13(17)8-10-14;1-3-2;/h4-11H,1,17H2,2-3H3;3H2,1-2H3;/q-1;;. The summed E-state index contributed by atoms with van der Waals surface area (Å²) >= 11 is 0. The number of ether oxygens (including phenoxy) is 1. The second-order valence-corrected chi connectivity index (χ2v) is 5.79. The van der Waals surface area contributed by atoms with E-state index in [1.54, 1.807) is 0 Å². The van der Waals surface area contributed by atoms with Crippen LogP contribution in [0.3, 0.4) is 0 Å². The Morgan fingerprint density at radius 1 is 1.00 bits per heavy atom. The van der Waals surface area contributed by atoms with Gasteiger partial charge in [-0.3, -0.25) is 0 Å². The molecule has 0 amide bonds. The first-order chi connectivity index (χ1) is 9.86. The summed E-state index contributed by atoms with van der Waals surface area (Å²) in [5.41, 5.74) is 7.39. The minimum Gasteiger partial charge on any atom is -0.457 e. The van der Waals surface area contributed by atoms with Crippen molar-refractivity contribution in [1.29, 1.82) is 0 Å². The largest absolute Gasteiger partial charge is 0.457 e. The Kier molecular flexibility index (Phi) is 9.92. The van der Waals surface area contributed by atoms with Gasteiger partial charge in [0.1, 0.15) is 11.5 Å². The van der Waals surface area contributed by atoms with E-state index in [2.05, 4.69) is 40.7 Å². The van der Waals surface area contributed by atoms with Crippen molar-refractivity contribution in [2.24, 2.45) is 0 Å². The molecule has 2 N–H and O–H groups in total. The Morgan fingerprint density at radius 2 is 1.55 bits per heavy atom. The molecule has 2 rings (SSSR count). The van der Waals surface area contributed by atoms with Gasteiger partial charge in [-0.15, -0.1) is 5.41 Å². The Hall–Kier alpha value is -0.622. The van der Waals surface area contributed by atoms with Crippen LogP contribution in [-0.4, -0.2) is 0 Å². The van der Waals surface area contributed by atoms with Crippen LogP contribution in [0.4, 0.5) is 5.69 Å². The van der Waals surface area contributed by atoms with Gasteiger partial charge in [0.25, 0.3) is 0 Å². The molecule has 0 aliphatic heterocycles. The van der Waals surface area contributed by atoms with Crippen LogP contribution in [0.5, 0.6) is 11.5 Å². The van der Waals surface area contributed by atoms with Gasteiger partial charge in [0.05, 0.1) is 0 Å². The molecule has 0 radical (unpaired) electrons. The zero-order valence-corrected chi connectivity index (χ0v) is 16.5. The van der Waals surface area contributed by atoms with Gasteiger partial charge in [-0.25, -0.2) is 0 Å². The fraction of sp³-hybridized carbons (Fsp3) is 0.316. The molecule has 120 valence electrons. The number of benzene rings is 2. The molecule has 2 nitrogen and oxygen atoms in total. The van der Waals surface area contributed by atoms with Gasteiger partial charge in [-0.1, -0.05) is 51.8 Å². The van der Waals surface area contributed by atoms with Crippen molar-refractivity contribution in [1.82, 2.24) is 0 Å². The van der Waals surface area contributed by atoms with E-state index in [1.807, 2.05) is 42.5 Å². The molecule has 0 fully saturated rings. The average molecular weight is 435 g/mol. The van der Waals surface area contributed by atoms with Gasteiger partial charge in [-0.2, -0.15) is 0 Å². The summed E-state index contributed by atoms with van der Waals surface area (Å²) < 4.78 is 5.79. The van der Waals surface area contributed by atoms with Crippen LogP contribution in [0, 0.1) is 47.3 Å². The van der Waals surface area contributed by atoms with Crippen molar-refractivity contribution in [2.75, 3.05) is 5.73 Å². The van der Waals surface area contributed by atoms with Crippen LogP contribution in [0.25, 0.3) is 0 Å². The summed E-state index contributed by atoms with van der Waals surface area (Å²) in [6.07, 6.45) is 1.25. The number of hydrogen-bond donors (Lipinski definition) is 1. The molecule has 0 atom stereocenters. The number of nitrogen functional groups attached to an aromatic ring is 1. The summed E-state index contributed by atoms with van der Waals surface area (Å²) in [7, 11) is 0. The van der Waals surface area contributed by atoms with Crippen LogP contribution in [0.1, 0.15) is 39.7 Å². The van der Waals surface area contributed by atoms with E-state index < -0.39 is 0 Å². The molecule has 0 heterocycles. The summed E-state index contributed by atoms with van der Waals surface area (Å²) in [5, 5.41) is 0. The Morgan fingerprint density at radius 3 is 2.05 bits per heavy atom. The van der Waals surface area contributed by atoms with Gasteiger partial charge in [0.15, 0.2) is 0 Å². The molecule has 0 aliphatic rings. The maximum absolute atomic E-state index is 5.79. The predicted molar refractivity (Wildman–Crippen MR) is 91.7 cm³/mol. The smallest absolute Gasteiger partial charge is 0.127 e. The number of rotatable bonds is 3. The summed E-state index contributed by atoms with van der Waals surface area (Å²) in [4.78, 5) is 0. The molecule has 2 aromatic rings. The van der Waals surface area contributed by atoms with Gasteiger partial charge >= 0.3 is 0 Å². The molecular formula is C19H26NOSm-. The van der Waals surface area contributed by atoms with Crippen LogP contribution >= 0.6 is 0 Å². The molecule has 2 aromatic carbocycles. The summed E-state index contributed by atoms with van der Waals surface area (Å²) in [6, 6.07) is 15.4. The van der Waals surface area contributed by atoms with E-state index in [0.717, 1.165) is 22.7 Å². The minimum atomic E-state index is -0.125. The molecule has 0 bridgehead atoms. The Labute approximate surface area is 167 Å². The SMILES string of the molecule is CCC.[CH2-]C(C)(C)c1cccc(Oc2ccc(N)cc2)c1.[Sm]. The van der Waals surface area contributed by atoms with Gasteiger partial charge in [-0.05, 0) is 36.4 Å². The fourth-order valence-electron chi connectivity index (χ4n) is 1.65. The second kappa shape index (κ2) is 10.2. The molecule has 0 spiro atoms. The number of hydrogen-bond acceptors (Lipinski definition) is 2. The molecule has 0 aromatic heterocycles. The maximum Gasteiger partial charge on any atom is 0.127 e. The average Bonchev–Trinajstić information content (AvgIpc) is 2.42. The molecular weight excluding hydrogens is 409 g/mol. The first-order valence-corrected chi connectivity index (χ1v) is 7.36. The molecule has 0 saturated carbocycles. The third kappa shape index (κ3) is 7.58. The Bertz CT molecular complexity index is 544. The summed E-state index contributed by atoms with van der Waals surface area (Å²) in [5.74, 6) is 1.59. The van der Waals surface area contributed by atoms with Crippen molar-refractivity contribution in [2.45, 2.75) is 39.5 Å². The minimum absolute atomic E-state index is 0. The first-order valence-electron chi connectivity index (χ1n) is 7.36. The predicted octanol–water partition coefficient (Wildman–Crippen LogP) is 5.59. The van der Waals surface area contributed by atoms with E-state index in [4.69, 9.17) is 10.5 Å². The quantitative estimate of drug-likeness (QED) is 0.505. The number of nitrogens with two attached hydrogens (primary N) is 1. The first kappa shape index (κ1) is 21.4.